The van der Waals surface area contributed by atoms with E-state index < -0.39 is 5.97 Å². The summed E-state index contributed by atoms with van der Waals surface area (Å²) in [4.78, 5) is 23.2. The van der Waals surface area contributed by atoms with Crippen LogP contribution in [0.3, 0.4) is 0 Å². The highest BCUT2D eigenvalue weighted by atomic mass is 79.9. The lowest BCUT2D eigenvalue weighted by atomic mass is 10.2. The van der Waals surface area contributed by atoms with Crippen molar-refractivity contribution in [3.63, 3.8) is 0 Å². The third-order valence-corrected chi connectivity index (χ3v) is 2.68. The second-order valence-corrected chi connectivity index (χ2v) is 4.48. The number of rotatable bonds is 6. The van der Waals surface area contributed by atoms with E-state index in [-0.39, 0.29) is 19.1 Å². The molecule has 1 N–H and O–H groups in total. The Morgan fingerprint density at radius 1 is 1.26 bits per heavy atom. The lowest BCUT2D eigenvalue weighted by molar-refractivity contribution is -0.141. The zero-order valence-corrected chi connectivity index (χ0v) is 12.5. The minimum atomic E-state index is -0.469. The topological polar surface area (TPSA) is 64.6 Å². The van der Waals surface area contributed by atoms with Crippen LogP contribution < -0.4 is 10.1 Å². The Bertz CT molecular complexity index is 462. The zero-order chi connectivity index (χ0) is 14.3. The van der Waals surface area contributed by atoms with Crippen LogP contribution in [0.4, 0.5) is 0 Å². The molecule has 0 aliphatic heterocycles. The predicted octanol–water partition coefficient (Wildman–Crippen LogP) is 2.14. The third kappa shape index (κ3) is 4.90. The van der Waals surface area contributed by atoms with Gasteiger partial charge in [-0.25, -0.2) is 0 Å². The second kappa shape index (κ2) is 7.78. The average molecular weight is 330 g/mol. The summed E-state index contributed by atoms with van der Waals surface area (Å²) >= 11 is 3.29. The molecule has 104 valence electrons. The largest absolute Gasteiger partial charge is 0.493 e. The average Bonchev–Trinajstić information content (AvgIpc) is 2.38. The fourth-order valence-electron chi connectivity index (χ4n) is 1.42. The van der Waals surface area contributed by atoms with E-state index in [9.17, 15) is 9.59 Å². The third-order valence-electron chi connectivity index (χ3n) is 2.18. The summed E-state index contributed by atoms with van der Waals surface area (Å²) in [6.45, 7) is 4.13. The molecular formula is C13H16BrNO4. The molecule has 0 bridgehead atoms. The molecule has 0 saturated carbocycles. The Kier molecular flexibility index (Phi) is 6.35. The van der Waals surface area contributed by atoms with E-state index in [2.05, 4.69) is 21.2 Å². The molecule has 1 amide bonds. The van der Waals surface area contributed by atoms with Crippen molar-refractivity contribution in [1.82, 2.24) is 5.32 Å². The van der Waals surface area contributed by atoms with Crippen molar-refractivity contribution in [2.45, 2.75) is 13.8 Å². The number of benzene rings is 1. The van der Waals surface area contributed by atoms with E-state index >= 15 is 0 Å². The van der Waals surface area contributed by atoms with Crippen molar-refractivity contribution in [3.05, 3.63) is 28.2 Å². The lowest BCUT2D eigenvalue weighted by Gasteiger charge is -2.10. The molecule has 6 heteroatoms. The van der Waals surface area contributed by atoms with E-state index in [1.165, 1.54) is 0 Å². The van der Waals surface area contributed by atoms with Gasteiger partial charge in [-0.2, -0.15) is 0 Å². The summed E-state index contributed by atoms with van der Waals surface area (Å²) in [5.74, 6) is -0.367. The Morgan fingerprint density at radius 3 is 2.63 bits per heavy atom. The number of nitrogens with one attached hydrogen (secondary N) is 1. The molecule has 0 saturated heterocycles. The van der Waals surface area contributed by atoms with Crippen molar-refractivity contribution < 1.29 is 19.1 Å². The van der Waals surface area contributed by atoms with Crippen LogP contribution in [0.25, 0.3) is 0 Å². The van der Waals surface area contributed by atoms with E-state index in [1.807, 2.05) is 6.92 Å². The number of halogens is 1. The van der Waals surface area contributed by atoms with Gasteiger partial charge in [-0.3, -0.25) is 9.59 Å². The minimum Gasteiger partial charge on any atom is -0.493 e. The Balaban J connectivity index is 2.75. The summed E-state index contributed by atoms with van der Waals surface area (Å²) in [7, 11) is 0. The first kappa shape index (κ1) is 15.5. The maximum Gasteiger partial charge on any atom is 0.325 e. The molecule has 0 radical (unpaired) electrons. The van der Waals surface area contributed by atoms with Crippen LogP contribution in [0.15, 0.2) is 22.7 Å². The molecular weight excluding hydrogens is 314 g/mol. The van der Waals surface area contributed by atoms with Crippen molar-refractivity contribution >= 4 is 27.8 Å². The van der Waals surface area contributed by atoms with Gasteiger partial charge in [-0.05, 0) is 32.0 Å². The highest BCUT2D eigenvalue weighted by Crippen LogP contribution is 2.23. The number of esters is 1. The summed E-state index contributed by atoms with van der Waals surface area (Å²) < 4.78 is 10.9. The SMILES string of the molecule is CCOC(=O)CNC(=O)c1cc(Br)ccc1OCC. The van der Waals surface area contributed by atoms with E-state index in [1.54, 1.807) is 25.1 Å². The smallest absolute Gasteiger partial charge is 0.325 e. The van der Waals surface area contributed by atoms with Crippen LogP contribution in [-0.4, -0.2) is 31.6 Å². The molecule has 0 spiro atoms. The number of ether oxygens (including phenoxy) is 2. The van der Waals surface area contributed by atoms with Gasteiger partial charge in [-0.15, -0.1) is 0 Å². The molecule has 1 aromatic carbocycles. The fraction of sp³-hybridized carbons (Fsp3) is 0.385. The number of carbonyl (C=O) groups is 2. The van der Waals surface area contributed by atoms with Gasteiger partial charge in [0.2, 0.25) is 0 Å². The maximum absolute atomic E-state index is 12.0. The van der Waals surface area contributed by atoms with Gasteiger partial charge in [0.1, 0.15) is 12.3 Å². The Morgan fingerprint density at radius 2 is 2.00 bits per heavy atom. The monoisotopic (exact) mass is 329 g/mol. The van der Waals surface area contributed by atoms with Crippen LogP contribution in [0.2, 0.25) is 0 Å². The number of hydrogen-bond acceptors (Lipinski definition) is 4. The fourth-order valence-corrected chi connectivity index (χ4v) is 1.78. The van der Waals surface area contributed by atoms with Gasteiger partial charge >= 0.3 is 5.97 Å². The highest BCUT2D eigenvalue weighted by molar-refractivity contribution is 9.10. The van der Waals surface area contributed by atoms with Gasteiger partial charge in [0, 0.05) is 4.47 Å². The standard InChI is InChI=1S/C13H16BrNO4/c1-3-18-11-6-5-9(14)7-10(11)13(17)15-8-12(16)19-4-2/h5-7H,3-4,8H2,1-2H3,(H,15,17). The maximum atomic E-state index is 12.0. The molecule has 0 atom stereocenters. The van der Waals surface area contributed by atoms with Crippen molar-refractivity contribution in [1.29, 1.82) is 0 Å². The number of hydrogen-bond donors (Lipinski definition) is 1. The molecule has 0 aromatic heterocycles. The molecule has 1 rings (SSSR count). The molecule has 0 aliphatic carbocycles. The highest BCUT2D eigenvalue weighted by Gasteiger charge is 2.14. The summed E-state index contributed by atoms with van der Waals surface area (Å²) in [5, 5.41) is 2.50. The van der Waals surface area contributed by atoms with E-state index in [4.69, 9.17) is 9.47 Å². The van der Waals surface area contributed by atoms with Gasteiger partial charge in [0.05, 0.1) is 18.8 Å². The normalized spacial score (nSPS) is 9.84. The van der Waals surface area contributed by atoms with Crippen LogP contribution in [0, 0.1) is 0 Å². The molecule has 19 heavy (non-hydrogen) atoms. The van der Waals surface area contributed by atoms with Gasteiger partial charge in [0.25, 0.3) is 5.91 Å². The molecule has 5 nitrogen and oxygen atoms in total. The van der Waals surface area contributed by atoms with Crippen LogP contribution in [0.5, 0.6) is 5.75 Å². The number of carbonyl (C=O) groups excluding carboxylic acids is 2. The summed E-state index contributed by atoms with van der Waals surface area (Å²) in [5.41, 5.74) is 0.375. The van der Waals surface area contributed by atoms with Crippen LogP contribution in [-0.2, 0) is 9.53 Å². The van der Waals surface area contributed by atoms with Crippen molar-refractivity contribution in [3.8, 4) is 5.75 Å². The Hall–Kier alpha value is -1.56. The number of amides is 1. The first-order chi connectivity index (χ1) is 9.08. The van der Waals surface area contributed by atoms with Crippen LogP contribution >= 0.6 is 15.9 Å². The first-order valence-corrected chi connectivity index (χ1v) is 6.74. The first-order valence-electron chi connectivity index (χ1n) is 5.94. The van der Waals surface area contributed by atoms with E-state index in [0.29, 0.717) is 17.9 Å². The van der Waals surface area contributed by atoms with Gasteiger partial charge in [0.15, 0.2) is 0 Å². The Labute approximate surface area is 120 Å². The second-order valence-electron chi connectivity index (χ2n) is 3.56. The van der Waals surface area contributed by atoms with Crippen molar-refractivity contribution in [2.24, 2.45) is 0 Å². The summed E-state index contributed by atoms with van der Waals surface area (Å²) in [6, 6.07) is 5.13. The predicted molar refractivity (Wildman–Crippen MR) is 74.3 cm³/mol. The molecule has 0 fully saturated rings. The van der Waals surface area contributed by atoms with Gasteiger partial charge < -0.3 is 14.8 Å². The lowest BCUT2D eigenvalue weighted by Crippen LogP contribution is -2.31. The van der Waals surface area contributed by atoms with Gasteiger partial charge in [-0.1, -0.05) is 15.9 Å². The molecule has 0 unspecified atom stereocenters. The zero-order valence-electron chi connectivity index (χ0n) is 10.9. The quantitative estimate of drug-likeness (QED) is 0.812. The molecule has 0 aliphatic rings. The minimum absolute atomic E-state index is 0.162. The van der Waals surface area contributed by atoms with Crippen LogP contribution in [0.1, 0.15) is 24.2 Å². The van der Waals surface area contributed by atoms with E-state index in [0.717, 1.165) is 4.47 Å². The summed E-state index contributed by atoms with van der Waals surface area (Å²) in [6.07, 6.45) is 0. The van der Waals surface area contributed by atoms with Crippen molar-refractivity contribution in [2.75, 3.05) is 19.8 Å². The molecule has 0 heterocycles. The molecule has 1 aromatic rings.